The van der Waals surface area contributed by atoms with Crippen molar-refractivity contribution in [1.29, 1.82) is 0 Å². The van der Waals surface area contributed by atoms with Crippen LogP contribution in [-0.4, -0.2) is 34.8 Å². The van der Waals surface area contributed by atoms with Gasteiger partial charge in [0.05, 0.1) is 0 Å². The van der Waals surface area contributed by atoms with Crippen molar-refractivity contribution in [3.05, 3.63) is 54.6 Å². The molecule has 1 aliphatic carbocycles. The maximum Gasteiger partial charge on any atom is 0.325 e. The summed E-state index contributed by atoms with van der Waals surface area (Å²) < 4.78 is 5.73. The second-order valence-electron chi connectivity index (χ2n) is 8.24. The predicted molar refractivity (Wildman–Crippen MR) is 117 cm³/mol. The summed E-state index contributed by atoms with van der Waals surface area (Å²) >= 11 is 0. The summed E-state index contributed by atoms with van der Waals surface area (Å²) in [6.07, 6.45) is 4.19. The molecular formula is C24H27N3O4. The second-order valence-corrected chi connectivity index (χ2v) is 8.24. The number of hydrogen-bond acceptors (Lipinski definition) is 4. The molecule has 0 atom stereocenters. The van der Waals surface area contributed by atoms with E-state index < -0.39 is 17.5 Å². The first-order valence-corrected chi connectivity index (χ1v) is 10.8. The lowest BCUT2D eigenvalue weighted by Gasteiger charge is -2.34. The Bertz CT molecular complexity index is 951. The molecular weight excluding hydrogens is 394 g/mol. The molecule has 7 nitrogen and oxygen atoms in total. The second kappa shape index (κ2) is 8.79. The van der Waals surface area contributed by atoms with Crippen LogP contribution in [0.1, 0.15) is 39.0 Å². The molecule has 2 aliphatic rings. The van der Waals surface area contributed by atoms with E-state index in [0.29, 0.717) is 30.2 Å². The van der Waals surface area contributed by atoms with E-state index in [9.17, 15) is 14.4 Å². The first kappa shape index (κ1) is 20.9. The van der Waals surface area contributed by atoms with Gasteiger partial charge in [-0.25, -0.2) is 4.79 Å². The average molecular weight is 421 g/mol. The van der Waals surface area contributed by atoms with Crippen LogP contribution >= 0.6 is 0 Å². The van der Waals surface area contributed by atoms with Gasteiger partial charge in [0.25, 0.3) is 5.91 Å². The first-order valence-electron chi connectivity index (χ1n) is 10.8. The number of carbonyl (C=O) groups excluding carboxylic acids is 3. The Labute approximate surface area is 181 Å². The fraction of sp³-hybridized carbons (Fsp3) is 0.375. The van der Waals surface area contributed by atoms with E-state index in [4.69, 9.17) is 4.74 Å². The zero-order valence-corrected chi connectivity index (χ0v) is 17.6. The van der Waals surface area contributed by atoms with E-state index in [-0.39, 0.29) is 12.5 Å². The van der Waals surface area contributed by atoms with Crippen LogP contribution in [0.5, 0.6) is 11.5 Å². The number of urea groups is 1. The number of carbonyl (C=O) groups is 3. The third kappa shape index (κ3) is 4.55. The highest BCUT2D eigenvalue weighted by Gasteiger charge is 2.52. The fourth-order valence-electron chi connectivity index (χ4n) is 4.31. The van der Waals surface area contributed by atoms with Gasteiger partial charge in [-0.15, -0.1) is 0 Å². The van der Waals surface area contributed by atoms with Crippen molar-refractivity contribution in [2.75, 3.05) is 11.9 Å². The Morgan fingerprint density at radius 3 is 2.35 bits per heavy atom. The Kier molecular flexibility index (Phi) is 5.93. The van der Waals surface area contributed by atoms with Crippen LogP contribution in [0.3, 0.4) is 0 Å². The third-order valence-corrected chi connectivity index (χ3v) is 6.20. The number of para-hydroxylation sites is 1. The predicted octanol–water partition coefficient (Wildman–Crippen LogP) is 4.31. The van der Waals surface area contributed by atoms with E-state index in [1.54, 1.807) is 24.3 Å². The van der Waals surface area contributed by atoms with Crippen LogP contribution in [0.4, 0.5) is 10.5 Å². The van der Waals surface area contributed by atoms with Gasteiger partial charge in [-0.1, -0.05) is 31.5 Å². The smallest absolute Gasteiger partial charge is 0.325 e. The summed E-state index contributed by atoms with van der Waals surface area (Å²) in [7, 11) is 0. The van der Waals surface area contributed by atoms with Crippen LogP contribution in [0.2, 0.25) is 0 Å². The zero-order chi connectivity index (χ0) is 21.8. The Hall–Kier alpha value is -3.35. The minimum atomic E-state index is -0.834. The maximum atomic E-state index is 12.9. The molecule has 1 heterocycles. The number of nitrogens with zero attached hydrogens (tertiary/aromatic N) is 1. The Morgan fingerprint density at radius 2 is 1.71 bits per heavy atom. The van der Waals surface area contributed by atoms with Crippen LogP contribution in [0.15, 0.2) is 54.6 Å². The van der Waals surface area contributed by atoms with Gasteiger partial charge < -0.3 is 15.4 Å². The monoisotopic (exact) mass is 421 g/mol. The van der Waals surface area contributed by atoms with E-state index in [0.717, 1.165) is 29.9 Å². The molecule has 1 saturated heterocycles. The number of benzene rings is 2. The van der Waals surface area contributed by atoms with Crippen molar-refractivity contribution < 1.29 is 19.1 Å². The highest BCUT2D eigenvalue weighted by atomic mass is 16.5. The van der Waals surface area contributed by atoms with Crippen molar-refractivity contribution >= 4 is 23.5 Å². The maximum absolute atomic E-state index is 12.9. The number of hydrogen-bond donors (Lipinski definition) is 2. The zero-order valence-electron chi connectivity index (χ0n) is 17.6. The lowest BCUT2D eigenvalue weighted by Crippen LogP contribution is -2.49. The highest BCUT2D eigenvalue weighted by molar-refractivity contribution is 6.10. The Morgan fingerprint density at radius 1 is 1.06 bits per heavy atom. The van der Waals surface area contributed by atoms with Gasteiger partial charge in [-0.3, -0.25) is 14.5 Å². The molecule has 7 heteroatoms. The number of rotatable bonds is 6. The minimum absolute atomic E-state index is 0.284. The number of amides is 4. The summed E-state index contributed by atoms with van der Waals surface area (Å²) in [6, 6.07) is 15.8. The summed E-state index contributed by atoms with van der Waals surface area (Å²) in [6.45, 7) is 1.85. The van der Waals surface area contributed by atoms with E-state index >= 15 is 0 Å². The third-order valence-electron chi connectivity index (χ3n) is 6.20. The van der Waals surface area contributed by atoms with Gasteiger partial charge >= 0.3 is 6.03 Å². The molecule has 2 aromatic rings. The molecule has 2 aromatic carbocycles. The quantitative estimate of drug-likeness (QED) is 0.681. The first-order chi connectivity index (χ1) is 15.0. The number of ether oxygens (including phenoxy) is 1. The van der Waals surface area contributed by atoms with Crippen molar-refractivity contribution in [3.63, 3.8) is 0 Å². The molecule has 4 rings (SSSR count). The van der Waals surface area contributed by atoms with Crippen molar-refractivity contribution in [3.8, 4) is 11.5 Å². The Balaban J connectivity index is 1.33. The minimum Gasteiger partial charge on any atom is -0.457 e. The van der Waals surface area contributed by atoms with Gasteiger partial charge in [-0.2, -0.15) is 0 Å². The molecule has 0 aromatic heterocycles. The standard InChI is InChI=1S/C24H27N3O4/c1-2-17-12-14-24(15-13-17)22(29)27(23(30)26-24)16-21(28)25-18-8-10-20(11-9-18)31-19-6-4-3-5-7-19/h3-11,17H,2,12-16H2,1H3,(H,25,28)(H,26,30). The topological polar surface area (TPSA) is 87.7 Å². The van der Waals surface area contributed by atoms with Gasteiger partial charge in [0, 0.05) is 5.69 Å². The molecule has 1 spiro atoms. The van der Waals surface area contributed by atoms with E-state index in [1.165, 1.54) is 0 Å². The van der Waals surface area contributed by atoms with Gasteiger partial charge in [-0.05, 0) is 68.0 Å². The fourth-order valence-corrected chi connectivity index (χ4v) is 4.31. The molecule has 2 N–H and O–H groups in total. The van der Waals surface area contributed by atoms with Crippen LogP contribution in [0.25, 0.3) is 0 Å². The molecule has 0 bridgehead atoms. The molecule has 2 fully saturated rings. The normalized spacial score (nSPS) is 23.0. The van der Waals surface area contributed by atoms with Gasteiger partial charge in [0.2, 0.25) is 5.91 Å². The van der Waals surface area contributed by atoms with Crippen LogP contribution in [0, 0.1) is 5.92 Å². The molecule has 4 amide bonds. The van der Waals surface area contributed by atoms with Crippen LogP contribution in [-0.2, 0) is 9.59 Å². The largest absolute Gasteiger partial charge is 0.457 e. The van der Waals surface area contributed by atoms with E-state index in [1.807, 2.05) is 30.3 Å². The van der Waals surface area contributed by atoms with Crippen molar-refractivity contribution in [2.24, 2.45) is 5.92 Å². The number of imide groups is 1. The van der Waals surface area contributed by atoms with Gasteiger partial charge in [0.15, 0.2) is 0 Å². The summed E-state index contributed by atoms with van der Waals surface area (Å²) in [5.74, 6) is 1.26. The van der Waals surface area contributed by atoms with Gasteiger partial charge in [0.1, 0.15) is 23.6 Å². The summed E-state index contributed by atoms with van der Waals surface area (Å²) in [5, 5.41) is 5.59. The number of anilines is 1. The average Bonchev–Trinajstić information content (AvgIpc) is 3.00. The van der Waals surface area contributed by atoms with Crippen molar-refractivity contribution in [1.82, 2.24) is 10.2 Å². The van der Waals surface area contributed by atoms with Crippen LogP contribution < -0.4 is 15.4 Å². The molecule has 0 unspecified atom stereocenters. The number of nitrogens with one attached hydrogen (secondary N) is 2. The molecule has 0 radical (unpaired) electrons. The SMILES string of the molecule is CCC1CCC2(CC1)NC(=O)N(CC(=O)Nc1ccc(Oc3ccccc3)cc1)C2=O. The summed E-state index contributed by atoms with van der Waals surface area (Å²) in [5.41, 5.74) is -0.268. The van der Waals surface area contributed by atoms with Crippen molar-refractivity contribution in [2.45, 2.75) is 44.6 Å². The molecule has 162 valence electrons. The molecule has 31 heavy (non-hydrogen) atoms. The summed E-state index contributed by atoms with van der Waals surface area (Å²) in [4.78, 5) is 38.9. The lowest BCUT2D eigenvalue weighted by molar-refractivity contribution is -0.135. The molecule has 1 saturated carbocycles. The molecule has 1 aliphatic heterocycles. The highest BCUT2D eigenvalue weighted by Crippen LogP contribution is 2.37. The van der Waals surface area contributed by atoms with E-state index in [2.05, 4.69) is 17.6 Å². The lowest BCUT2D eigenvalue weighted by atomic mass is 9.75.